The van der Waals surface area contributed by atoms with E-state index in [1.54, 1.807) is 7.11 Å². The first-order valence-corrected chi connectivity index (χ1v) is 7.36. The van der Waals surface area contributed by atoms with Gasteiger partial charge in [0, 0.05) is 12.6 Å². The summed E-state index contributed by atoms with van der Waals surface area (Å²) in [6.45, 7) is 0.806. The highest BCUT2D eigenvalue weighted by Gasteiger charge is 2.29. The zero-order chi connectivity index (χ0) is 14.7. The third kappa shape index (κ3) is 3.42. The standard InChI is InChI=1S/C18H20FNO/c1-21-18-8-4-14(5-9-18)15-10-17(11-15)20-12-13-2-6-16(19)7-3-13/h2-9,15,17,20H,10-12H2,1H3. The molecular formula is C18H20FNO. The van der Waals surface area contributed by atoms with Crippen LogP contribution in [0.4, 0.5) is 4.39 Å². The van der Waals surface area contributed by atoms with Gasteiger partial charge < -0.3 is 10.1 Å². The molecule has 21 heavy (non-hydrogen) atoms. The van der Waals surface area contributed by atoms with Crippen molar-refractivity contribution >= 4 is 0 Å². The maximum Gasteiger partial charge on any atom is 0.123 e. The second-order valence-corrected chi connectivity index (χ2v) is 5.65. The molecule has 3 heteroatoms. The van der Waals surface area contributed by atoms with Crippen LogP contribution in [0.3, 0.4) is 0 Å². The third-order valence-corrected chi connectivity index (χ3v) is 4.23. The molecule has 0 aromatic heterocycles. The normalized spacial score (nSPS) is 20.9. The van der Waals surface area contributed by atoms with Crippen LogP contribution in [0, 0.1) is 5.82 Å². The van der Waals surface area contributed by atoms with Gasteiger partial charge >= 0.3 is 0 Å². The maximum absolute atomic E-state index is 12.8. The Morgan fingerprint density at radius 3 is 2.33 bits per heavy atom. The van der Waals surface area contributed by atoms with Gasteiger partial charge in [-0.2, -0.15) is 0 Å². The van der Waals surface area contributed by atoms with Gasteiger partial charge in [-0.25, -0.2) is 4.39 Å². The highest BCUT2D eigenvalue weighted by molar-refractivity contribution is 5.31. The molecule has 1 aliphatic rings. The minimum atomic E-state index is -0.179. The van der Waals surface area contributed by atoms with Gasteiger partial charge in [0.25, 0.3) is 0 Å². The molecule has 0 bridgehead atoms. The van der Waals surface area contributed by atoms with Crippen molar-refractivity contribution in [2.45, 2.75) is 31.3 Å². The lowest BCUT2D eigenvalue weighted by atomic mass is 9.76. The third-order valence-electron chi connectivity index (χ3n) is 4.23. The SMILES string of the molecule is COc1ccc(C2CC(NCc3ccc(F)cc3)C2)cc1. The van der Waals surface area contributed by atoms with Gasteiger partial charge in [-0.05, 0) is 54.2 Å². The summed E-state index contributed by atoms with van der Waals surface area (Å²) in [5.41, 5.74) is 2.51. The van der Waals surface area contributed by atoms with Gasteiger partial charge in [-0.15, -0.1) is 0 Å². The monoisotopic (exact) mass is 285 g/mol. The number of benzene rings is 2. The van der Waals surface area contributed by atoms with Gasteiger partial charge in [-0.3, -0.25) is 0 Å². The highest BCUT2D eigenvalue weighted by atomic mass is 19.1. The Morgan fingerprint density at radius 2 is 1.71 bits per heavy atom. The van der Waals surface area contributed by atoms with Crippen molar-refractivity contribution in [3.8, 4) is 5.75 Å². The fraction of sp³-hybridized carbons (Fsp3) is 0.333. The van der Waals surface area contributed by atoms with E-state index in [0.29, 0.717) is 12.0 Å². The molecule has 1 fully saturated rings. The Balaban J connectivity index is 1.46. The van der Waals surface area contributed by atoms with Crippen LogP contribution >= 0.6 is 0 Å². The first kappa shape index (κ1) is 14.1. The van der Waals surface area contributed by atoms with E-state index in [0.717, 1.165) is 30.7 Å². The first-order valence-electron chi connectivity index (χ1n) is 7.36. The average molecular weight is 285 g/mol. The molecule has 0 saturated heterocycles. The van der Waals surface area contributed by atoms with Crippen molar-refractivity contribution in [2.24, 2.45) is 0 Å². The quantitative estimate of drug-likeness (QED) is 0.900. The maximum atomic E-state index is 12.8. The van der Waals surface area contributed by atoms with Crippen LogP contribution in [0.25, 0.3) is 0 Å². The summed E-state index contributed by atoms with van der Waals surface area (Å²) in [5, 5.41) is 3.53. The lowest BCUT2D eigenvalue weighted by Gasteiger charge is -2.36. The summed E-state index contributed by atoms with van der Waals surface area (Å²) in [7, 11) is 1.69. The fourth-order valence-electron chi connectivity index (χ4n) is 2.80. The second kappa shape index (κ2) is 6.27. The Bertz CT molecular complexity index is 573. The van der Waals surface area contributed by atoms with Crippen molar-refractivity contribution in [3.05, 3.63) is 65.5 Å². The predicted octanol–water partition coefficient (Wildman–Crippen LogP) is 3.87. The topological polar surface area (TPSA) is 21.3 Å². The van der Waals surface area contributed by atoms with E-state index in [1.165, 1.54) is 17.7 Å². The molecule has 1 aliphatic carbocycles. The van der Waals surface area contributed by atoms with Crippen LogP contribution < -0.4 is 10.1 Å². The molecular weight excluding hydrogens is 265 g/mol. The largest absolute Gasteiger partial charge is 0.497 e. The van der Waals surface area contributed by atoms with E-state index in [-0.39, 0.29) is 5.82 Å². The van der Waals surface area contributed by atoms with E-state index >= 15 is 0 Å². The van der Waals surface area contributed by atoms with E-state index in [1.807, 2.05) is 24.3 Å². The molecule has 2 nitrogen and oxygen atoms in total. The lowest BCUT2D eigenvalue weighted by molar-refractivity contribution is 0.289. The van der Waals surface area contributed by atoms with Crippen LogP contribution in [-0.4, -0.2) is 13.2 Å². The molecule has 0 spiro atoms. The molecule has 1 saturated carbocycles. The van der Waals surface area contributed by atoms with Crippen molar-refractivity contribution < 1.29 is 9.13 Å². The molecule has 110 valence electrons. The van der Waals surface area contributed by atoms with Gasteiger partial charge in [0.15, 0.2) is 0 Å². The molecule has 0 unspecified atom stereocenters. The molecule has 0 radical (unpaired) electrons. The minimum Gasteiger partial charge on any atom is -0.497 e. The Morgan fingerprint density at radius 1 is 1.05 bits per heavy atom. The summed E-state index contributed by atoms with van der Waals surface area (Å²) in [5.74, 6) is 1.37. The Hall–Kier alpha value is -1.87. The van der Waals surface area contributed by atoms with E-state index < -0.39 is 0 Å². The van der Waals surface area contributed by atoms with Crippen LogP contribution in [0.15, 0.2) is 48.5 Å². The Kier molecular flexibility index (Phi) is 4.20. The zero-order valence-electron chi connectivity index (χ0n) is 12.2. The van der Waals surface area contributed by atoms with Gasteiger partial charge in [0.05, 0.1) is 7.11 Å². The fourth-order valence-corrected chi connectivity index (χ4v) is 2.80. The number of rotatable bonds is 5. The highest BCUT2D eigenvalue weighted by Crippen LogP contribution is 2.37. The molecule has 0 atom stereocenters. The molecule has 0 aliphatic heterocycles. The number of methoxy groups -OCH3 is 1. The molecule has 1 N–H and O–H groups in total. The summed E-state index contributed by atoms with van der Waals surface area (Å²) in [6, 6.07) is 15.6. The van der Waals surface area contributed by atoms with Gasteiger partial charge in [0.1, 0.15) is 11.6 Å². The van der Waals surface area contributed by atoms with E-state index in [4.69, 9.17) is 4.74 Å². The smallest absolute Gasteiger partial charge is 0.123 e. The molecule has 3 rings (SSSR count). The van der Waals surface area contributed by atoms with Crippen LogP contribution in [0.2, 0.25) is 0 Å². The van der Waals surface area contributed by atoms with Crippen LogP contribution in [0.5, 0.6) is 5.75 Å². The van der Waals surface area contributed by atoms with E-state index in [9.17, 15) is 4.39 Å². The number of nitrogens with one attached hydrogen (secondary N) is 1. The van der Waals surface area contributed by atoms with Gasteiger partial charge in [-0.1, -0.05) is 24.3 Å². The number of hydrogen-bond donors (Lipinski definition) is 1. The zero-order valence-corrected chi connectivity index (χ0v) is 12.2. The molecule has 2 aromatic rings. The second-order valence-electron chi connectivity index (χ2n) is 5.65. The number of halogens is 1. The average Bonchev–Trinajstić information content (AvgIpc) is 2.48. The van der Waals surface area contributed by atoms with Crippen molar-refractivity contribution in [3.63, 3.8) is 0 Å². The first-order chi connectivity index (χ1) is 10.2. The lowest BCUT2D eigenvalue weighted by Crippen LogP contribution is -2.39. The summed E-state index contributed by atoms with van der Waals surface area (Å²) < 4.78 is 18.0. The number of ether oxygens (including phenoxy) is 1. The summed E-state index contributed by atoms with van der Waals surface area (Å²) >= 11 is 0. The molecule has 2 aromatic carbocycles. The van der Waals surface area contributed by atoms with Crippen molar-refractivity contribution in [1.29, 1.82) is 0 Å². The summed E-state index contributed by atoms with van der Waals surface area (Å²) in [6.07, 6.45) is 2.32. The van der Waals surface area contributed by atoms with E-state index in [2.05, 4.69) is 17.4 Å². The Labute approximate surface area is 125 Å². The number of hydrogen-bond acceptors (Lipinski definition) is 2. The van der Waals surface area contributed by atoms with Crippen LogP contribution in [0.1, 0.15) is 29.9 Å². The minimum absolute atomic E-state index is 0.179. The van der Waals surface area contributed by atoms with Crippen molar-refractivity contribution in [1.82, 2.24) is 5.32 Å². The molecule has 0 heterocycles. The van der Waals surface area contributed by atoms with Gasteiger partial charge in [0.2, 0.25) is 0 Å². The van der Waals surface area contributed by atoms with Crippen LogP contribution in [-0.2, 0) is 6.54 Å². The summed E-state index contributed by atoms with van der Waals surface area (Å²) in [4.78, 5) is 0. The predicted molar refractivity (Wildman–Crippen MR) is 82.0 cm³/mol. The molecule has 0 amide bonds. The van der Waals surface area contributed by atoms with Crippen molar-refractivity contribution in [2.75, 3.05) is 7.11 Å².